The van der Waals surface area contributed by atoms with Gasteiger partial charge in [0, 0.05) is 10.4 Å². The number of carbonyl (C=O) groups is 1. The number of thiophene rings is 1. The fourth-order valence-electron chi connectivity index (χ4n) is 3.36. The Morgan fingerprint density at radius 3 is 2.52 bits per heavy atom. The summed E-state index contributed by atoms with van der Waals surface area (Å²) in [4.78, 5) is 18.9. The molecular weight excluding hydrogens is 453 g/mol. The van der Waals surface area contributed by atoms with Crippen LogP contribution in [-0.2, 0) is 6.42 Å². The van der Waals surface area contributed by atoms with Gasteiger partial charge in [-0.25, -0.2) is 9.37 Å². The molecule has 0 aliphatic rings. The number of halogens is 1. The number of amides is 1. The minimum Gasteiger partial charge on any atom is -0.267 e. The molecule has 0 spiro atoms. The summed E-state index contributed by atoms with van der Waals surface area (Å²) in [5, 5.41) is 8.06. The summed E-state index contributed by atoms with van der Waals surface area (Å²) in [5.74, 6) is -0.639. The molecular formula is C26H18FN3OS2. The summed E-state index contributed by atoms with van der Waals surface area (Å²) in [7, 11) is 0. The van der Waals surface area contributed by atoms with Gasteiger partial charge in [0.2, 0.25) is 5.13 Å². The van der Waals surface area contributed by atoms with E-state index < -0.39 is 0 Å². The highest BCUT2D eigenvalue weighted by Crippen LogP contribution is 2.30. The van der Waals surface area contributed by atoms with E-state index in [1.54, 1.807) is 24.4 Å². The maximum absolute atomic E-state index is 13.7. The summed E-state index contributed by atoms with van der Waals surface area (Å²) < 4.78 is 14.3. The molecule has 4 nitrogen and oxygen atoms in total. The lowest BCUT2D eigenvalue weighted by Crippen LogP contribution is -2.25. The number of hydrogen-bond donors (Lipinski definition) is 0. The van der Waals surface area contributed by atoms with E-state index in [1.165, 1.54) is 45.4 Å². The predicted molar refractivity (Wildman–Crippen MR) is 134 cm³/mol. The molecule has 0 saturated carbocycles. The van der Waals surface area contributed by atoms with E-state index in [9.17, 15) is 9.18 Å². The van der Waals surface area contributed by atoms with E-state index in [2.05, 4.69) is 22.2 Å². The Bertz CT molecular complexity index is 1410. The van der Waals surface area contributed by atoms with Gasteiger partial charge in [-0.1, -0.05) is 59.9 Å². The summed E-state index contributed by atoms with van der Waals surface area (Å²) in [6, 6.07) is 25.9. The standard InChI is InChI=1S/C26H18FN3OS2/c27-21-12-13-23-24(16-21)33-26(29-23)30(28-17-22-7-4-14-32-22)25(31)20-10-8-19(9-11-20)15-18-5-2-1-3-6-18/h1-14,16-17H,15H2/b28-17+. The highest BCUT2D eigenvalue weighted by atomic mass is 32.1. The van der Waals surface area contributed by atoms with Crippen molar-refractivity contribution >= 4 is 50.1 Å². The maximum Gasteiger partial charge on any atom is 0.280 e. The molecule has 0 atom stereocenters. The van der Waals surface area contributed by atoms with E-state index in [0.29, 0.717) is 20.9 Å². The van der Waals surface area contributed by atoms with Crippen LogP contribution in [0.25, 0.3) is 10.2 Å². The summed E-state index contributed by atoms with van der Waals surface area (Å²) in [5.41, 5.74) is 3.45. The van der Waals surface area contributed by atoms with Gasteiger partial charge < -0.3 is 0 Å². The van der Waals surface area contributed by atoms with Crippen molar-refractivity contribution in [3.8, 4) is 0 Å². The Kier molecular flexibility index (Phi) is 6.06. The van der Waals surface area contributed by atoms with Gasteiger partial charge in [-0.2, -0.15) is 10.1 Å². The summed E-state index contributed by atoms with van der Waals surface area (Å²) in [6.45, 7) is 0. The Morgan fingerprint density at radius 2 is 1.76 bits per heavy atom. The van der Waals surface area contributed by atoms with Gasteiger partial charge in [0.25, 0.3) is 5.91 Å². The fourth-order valence-corrected chi connectivity index (χ4v) is 4.89. The molecule has 0 fully saturated rings. The normalized spacial score (nSPS) is 11.3. The molecule has 0 N–H and O–H groups in total. The molecule has 2 heterocycles. The van der Waals surface area contributed by atoms with Crippen LogP contribution in [0.1, 0.15) is 26.4 Å². The van der Waals surface area contributed by atoms with Crippen molar-refractivity contribution in [2.24, 2.45) is 5.10 Å². The number of hydrogen-bond acceptors (Lipinski definition) is 5. The third-order valence-electron chi connectivity index (χ3n) is 5.01. The molecule has 3 aromatic carbocycles. The number of rotatable bonds is 6. The van der Waals surface area contributed by atoms with E-state index in [0.717, 1.165) is 16.9 Å². The van der Waals surface area contributed by atoms with Crippen LogP contribution in [0, 0.1) is 5.82 Å². The number of nitrogens with zero attached hydrogens (tertiary/aromatic N) is 3. The van der Waals surface area contributed by atoms with Crippen LogP contribution >= 0.6 is 22.7 Å². The molecule has 0 saturated heterocycles. The van der Waals surface area contributed by atoms with Crippen molar-refractivity contribution in [1.29, 1.82) is 0 Å². The Labute approximate surface area is 198 Å². The van der Waals surface area contributed by atoms with Crippen LogP contribution < -0.4 is 5.01 Å². The van der Waals surface area contributed by atoms with Crippen LogP contribution in [0.2, 0.25) is 0 Å². The van der Waals surface area contributed by atoms with Crippen molar-refractivity contribution in [3.05, 3.63) is 118 Å². The predicted octanol–water partition coefficient (Wildman–Crippen LogP) is 6.77. The lowest BCUT2D eigenvalue weighted by Gasteiger charge is -2.14. The quantitative estimate of drug-likeness (QED) is 0.203. The third kappa shape index (κ3) is 4.89. The van der Waals surface area contributed by atoms with Crippen molar-refractivity contribution < 1.29 is 9.18 Å². The molecule has 2 aromatic heterocycles. The van der Waals surface area contributed by atoms with Crippen LogP contribution in [-0.4, -0.2) is 17.1 Å². The summed E-state index contributed by atoms with van der Waals surface area (Å²) >= 11 is 2.75. The first kappa shape index (κ1) is 21.2. The SMILES string of the molecule is O=C(c1ccc(Cc2ccccc2)cc1)N(/N=C/c1cccs1)c1nc2ccc(F)cc2s1. The second kappa shape index (κ2) is 9.44. The van der Waals surface area contributed by atoms with E-state index >= 15 is 0 Å². The lowest BCUT2D eigenvalue weighted by molar-refractivity contribution is 0.0988. The van der Waals surface area contributed by atoms with Gasteiger partial charge >= 0.3 is 0 Å². The number of anilines is 1. The number of aromatic nitrogens is 1. The van der Waals surface area contributed by atoms with Crippen molar-refractivity contribution in [2.45, 2.75) is 6.42 Å². The lowest BCUT2D eigenvalue weighted by atomic mass is 10.0. The van der Waals surface area contributed by atoms with Gasteiger partial charge in [-0.15, -0.1) is 11.3 Å². The summed E-state index contributed by atoms with van der Waals surface area (Å²) in [6.07, 6.45) is 2.43. The average Bonchev–Trinajstić information content (AvgIpc) is 3.50. The molecule has 0 radical (unpaired) electrons. The van der Waals surface area contributed by atoms with Crippen LogP contribution in [0.4, 0.5) is 9.52 Å². The molecule has 33 heavy (non-hydrogen) atoms. The van der Waals surface area contributed by atoms with Crippen LogP contribution in [0.15, 0.2) is 95.4 Å². The van der Waals surface area contributed by atoms with Gasteiger partial charge in [0.15, 0.2) is 0 Å². The van der Waals surface area contributed by atoms with E-state index in [4.69, 9.17) is 0 Å². The van der Waals surface area contributed by atoms with Crippen LogP contribution in [0.5, 0.6) is 0 Å². The Morgan fingerprint density at radius 1 is 0.970 bits per heavy atom. The molecule has 5 rings (SSSR count). The topological polar surface area (TPSA) is 45.6 Å². The molecule has 1 amide bonds. The van der Waals surface area contributed by atoms with Crippen molar-refractivity contribution in [1.82, 2.24) is 4.98 Å². The Balaban J connectivity index is 1.45. The minimum atomic E-state index is -0.341. The van der Waals surface area contributed by atoms with Gasteiger partial charge in [-0.3, -0.25) is 4.79 Å². The zero-order chi connectivity index (χ0) is 22.6. The number of fused-ring (bicyclic) bond motifs is 1. The molecule has 5 aromatic rings. The zero-order valence-corrected chi connectivity index (χ0v) is 19.0. The smallest absolute Gasteiger partial charge is 0.267 e. The highest BCUT2D eigenvalue weighted by molar-refractivity contribution is 7.22. The van der Waals surface area contributed by atoms with Gasteiger partial charge in [0.05, 0.1) is 16.4 Å². The Hall–Kier alpha value is -3.68. The minimum absolute atomic E-state index is 0.298. The molecule has 162 valence electrons. The first-order valence-corrected chi connectivity index (χ1v) is 12.0. The first-order chi connectivity index (χ1) is 16.2. The van der Waals surface area contributed by atoms with Gasteiger partial charge in [-0.05, 0) is 59.3 Å². The molecule has 0 unspecified atom stereocenters. The number of hydrazone groups is 1. The molecule has 7 heteroatoms. The third-order valence-corrected chi connectivity index (χ3v) is 6.81. The second-order valence-electron chi connectivity index (χ2n) is 7.34. The van der Waals surface area contributed by atoms with Crippen LogP contribution in [0.3, 0.4) is 0 Å². The van der Waals surface area contributed by atoms with Crippen molar-refractivity contribution in [2.75, 3.05) is 5.01 Å². The fraction of sp³-hybridized carbons (Fsp3) is 0.0385. The molecule has 0 aliphatic carbocycles. The molecule has 0 bridgehead atoms. The second-order valence-corrected chi connectivity index (χ2v) is 9.33. The highest BCUT2D eigenvalue weighted by Gasteiger charge is 2.21. The number of benzene rings is 3. The largest absolute Gasteiger partial charge is 0.280 e. The molecule has 0 aliphatic heterocycles. The monoisotopic (exact) mass is 471 g/mol. The van der Waals surface area contributed by atoms with Crippen molar-refractivity contribution in [3.63, 3.8) is 0 Å². The number of thiazole rings is 1. The average molecular weight is 472 g/mol. The first-order valence-electron chi connectivity index (χ1n) is 10.3. The zero-order valence-electron chi connectivity index (χ0n) is 17.4. The van der Waals surface area contributed by atoms with E-state index in [1.807, 2.05) is 47.8 Å². The number of carbonyl (C=O) groups excluding carboxylic acids is 1. The maximum atomic E-state index is 13.7. The van der Waals surface area contributed by atoms with Gasteiger partial charge in [0.1, 0.15) is 5.82 Å². The van der Waals surface area contributed by atoms with E-state index in [-0.39, 0.29) is 11.7 Å².